The molecule has 4 nitrogen and oxygen atoms in total. The van der Waals surface area contributed by atoms with E-state index < -0.39 is 0 Å². The Morgan fingerprint density at radius 3 is 2.85 bits per heavy atom. The molecule has 1 N–H and O–H groups in total. The molecule has 1 heterocycles. The minimum Gasteiger partial charge on any atom is -0.347 e. The van der Waals surface area contributed by atoms with Gasteiger partial charge in [0.05, 0.1) is 0 Å². The zero-order valence-electron chi connectivity index (χ0n) is 8.00. The average molecular weight is 199 g/mol. The normalized spacial score (nSPS) is 12.5. The molecule has 1 amide bonds. The Labute approximate surface area is 81.6 Å². The lowest BCUT2D eigenvalue weighted by Gasteiger charge is -2.08. The highest BCUT2D eigenvalue weighted by atomic mass is 32.1. The lowest BCUT2D eigenvalue weighted by molar-refractivity contribution is 0.0939. The van der Waals surface area contributed by atoms with E-state index in [1.807, 2.05) is 13.8 Å². The zero-order chi connectivity index (χ0) is 9.84. The van der Waals surface area contributed by atoms with Crippen molar-refractivity contribution in [3.63, 3.8) is 0 Å². The first-order valence-electron chi connectivity index (χ1n) is 4.24. The second kappa shape index (κ2) is 4.32. The van der Waals surface area contributed by atoms with Gasteiger partial charge in [-0.3, -0.25) is 4.79 Å². The van der Waals surface area contributed by atoms with Gasteiger partial charge >= 0.3 is 0 Å². The molecule has 1 aromatic heterocycles. The van der Waals surface area contributed by atoms with E-state index in [0.29, 0.717) is 10.8 Å². The van der Waals surface area contributed by atoms with Crippen molar-refractivity contribution in [3.8, 4) is 0 Å². The molecule has 0 radical (unpaired) electrons. The number of rotatable bonds is 3. The molecule has 0 saturated carbocycles. The minimum absolute atomic E-state index is 0.125. The Morgan fingerprint density at radius 2 is 2.38 bits per heavy atom. The van der Waals surface area contributed by atoms with E-state index in [1.54, 1.807) is 6.92 Å². The third-order valence-electron chi connectivity index (χ3n) is 1.71. The van der Waals surface area contributed by atoms with Crippen molar-refractivity contribution in [2.24, 2.45) is 0 Å². The van der Waals surface area contributed by atoms with Crippen molar-refractivity contribution >= 4 is 17.4 Å². The van der Waals surface area contributed by atoms with Crippen LogP contribution in [0.3, 0.4) is 0 Å². The second-order valence-corrected chi connectivity index (χ2v) is 3.68. The van der Waals surface area contributed by atoms with Crippen LogP contribution in [0.5, 0.6) is 0 Å². The molecule has 1 rings (SSSR count). The van der Waals surface area contributed by atoms with Gasteiger partial charge in [-0.1, -0.05) is 6.92 Å². The van der Waals surface area contributed by atoms with Crippen LogP contribution >= 0.6 is 11.5 Å². The van der Waals surface area contributed by atoms with Crippen LogP contribution in [0.25, 0.3) is 0 Å². The Hall–Kier alpha value is -0.970. The summed E-state index contributed by atoms with van der Waals surface area (Å²) in [6.07, 6.45) is 0.920. The maximum atomic E-state index is 11.4. The second-order valence-electron chi connectivity index (χ2n) is 2.93. The van der Waals surface area contributed by atoms with Crippen molar-refractivity contribution in [1.29, 1.82) is 0 Å². The van der Waals surface area contributed by atoms with Gasteiger partial charge in [-0.25, -0.2) is 4.98 Å². The molecule has 0 bridgehead atoms. The number of aryl methyl sites for hydroxylation is 1. The van der Waals surface area contributed by atoms with Gasteiger partial charge in [0.2, 0.25) is 5.01 Å². The standard InChI is InChI=1S/C8H13N3OS/c1-4-5(2)9-7(12)8-10-6(3)11-13-8/h5H,4H2,1-3H3,(H,9,12). The van der Waals surface area contributed by atoms with Crippen LogP contribution in [0.1, 0.15) is 35.9 Å². The summed E-state index contributed by atoms with van der Waals surface area (Å²) in [4.78, 5) is 15.4. The summed E-state index contributed by atoms with van der Waals surface area (Å²) in [6.45, 7) is 5.76. The highest BCUT2D eigenvalue weighted by Gasteiger charge is 2.12. The molecule has 0 aromatic carbocycles. The fourth-order valence-corrected chi connectivity index (χ4v) is 1.35. The molecule has 0 saturated heterocycles. The van der Waals surface area contributed by atoms with Gasteiger partial charge in [0.1, 0.15) is 5.82 Å². The zero-order valence-corrected chi connectivity index (χ0v) is 8.81. The molecule has 5 heteroatoms. The molecule has 1 aromatic rings. The van der Waals surface area contributed by atoms with Crippen LogP contribution in [-0.2, 0) is 0 Å². The van der Waals surface area contributed by atoms with E-state index in [2.05, 4.69) is 14.7 Å². The van der Waals surface area contributed by atoms with Crippen LogP contribution in [0, 0.1) is 6.92 Å². The lowest BCUT2D eigenvalue weighted by atomic mass is 10.2. The van der Waals surface area contributed by atoms with Crippen LogP contribution in [-0.4, -0.2) is 21.3 Å². The SMILES string of the molecule is CCC(C)NC(=O)c1nc(C)ns1. The molecular weight excluding hydrogens is 186 g/mol. The summed E-state index contributed by atoms with van der Waals surface area (Å²) >= 11 is 1.14. The molecular formula is C8H13N3OS. The topological polar surface area (TPSA) is 54.9 Å². The first-order chi connectivity index (χ1) is 6.13. The lowest BCUT2D eigenvalue weighted by Crippen LogP contribution is -2.31. The predicted octanol–water partition coefficient (Wildman–Crippen LogP) is 1.37. The van der Waals surface area contributed by atoms with Crippen molar-refractivity contribution in [1.82, 2.24) is 14.7 Å². The molecule has 1 atom stereocenters. The summed E-state index contributed by atoms with van der Waals surface area (Å²) < 4.78 is 3.94. The fourth-order valence-electron chi connectivity index (χ4n) is 0.777. The summed E-state index contributed by atoms with van der Waals surface area (Å²) in [5.41, 5.74) is 0. The first kappa shape index (κ1) is 10.1. The van der Waals surface area contributed by atoms with Crippen LogP contribution in [0.15, 0.2) is 0 Å². The number of amides is 1. The minimum atomic E-state index is -0.125. The highest BCUT2D eigenvalue weighted by molar-refractivity contribution is 7.07. The average Bonchev–Trinajstić information content (AvgIpc) is 2.51. The Bertz CT molecular complexity index is 297. The third kappa shape index (κ3) is 2.77. The molecule has 72 valence electrons. The molecule has 0 aliphatic carbocycles. The number of carbonyl (C=O) groups is 1. The van der Waals surface area contributed by atoms with E-state index in [1.165, 1.54) is 0 Å². The number of nitrogens with zero attached hydrogens (tertiary/aromatic N) is 2. The maximum Gasteiger partial charge on any atom is 0.282 e. The van der Waals surface area contributed by atoms with E-state index in [0.717, 1.165) is 18.0 Å². The Balaban J connectivity index is 2.58. The third-order valence-corrected chi connectivity index (χ3v) is 2.52. The van der Waals surface area contributed by atoms with Crippen molar-refractivity contribution in [2.75, 3.05) is 0 Å². The molecule has 0 spiro atoms. The number of carbonyl (C=O) groups excluding carboxylic acids is 1. The van der Waals surface area contributed by atoms with Gasteiger partial charge < -0.3 is 5.32 Å². The van der Waals surface area contributed by atoms with Gasteiger partial charge in [0.25, 0.3) is 5.91 Å². The Kier molecular flexibility index (Phi) is 3.36. The van der Waals surface area contributed by atoms with Gasteiger partial charge in [0.15, 0.2) is 0 Å². The molecule has 1 unspecified atom stereocenters. The van der Waals surface area contributed by atoms with E-state index in [9.17, 15) is 4.79 Å². The van der Waals surface area contributed by atoms with Crippen LogP contribution in [0.4, 0.5) is 0 Å². The van der Waals surface area contributed by atoms with Gasteiger partial charge in [0, 0.05) is 6.04 Å². The number of hydrogen-bond donors (Lipinski definition) is 1. The monoisotopic (exact) mass is 199 g/mol. The molecule has 0 aliphatic rings. The summed E-state index contributed by atoms with van der Waals surface area (Å²) in [7, 11) is 0. The van der Waals surface area contributed by atoms with Crippen LogP contribution in [0.2, 0.25) is 0 Å². The fraction of sp³-hybridized carbons (Fsp3) is 0.625. The van der Waals surface area contributed by atoms with E-state index in [4.69, 9.17) is 0 Å². The molecule has 13 heavy (non-hydrogen) atoms. The summed E-state index contributed by atoms with van der Waals surface area (Å²) in [5.74, 6) is 0.527. The highest BCUT2D eigenvalue weighted by Crippen LogP contribution is 2.03. The first-order valence-corrected chi connectivity index (χ1v) is 5.02. The predicted molar refractivity (Wildman–Crippen MR) is 51.9 cm³/mol. The summed E-state index contributed by atoms with van der Waals surface area (Å²) in [5, 5.41) is 3.27. The summed E-state index contributed by atoms with van der Waals surface area (Å²) in [6, 6.07) is 0.191. The van der Waals surface area contributed by atoms with E-state index in [-0.39, 0.29) is 11.9 Å². The van der Waals surface area contributed by atoms with Gasteiger partial charge in [-0.15, -0.1) is 0 Å². The van der Waals surface area contributed by atoms with E-state index >= 15 is 0 Å². The molecule has 0 aliphatic heterocycles. The van der Waals surface area contributed by atoms with Crippen LogP contribution < -0.4 is 5.32 Å². The smallest absolute Gasteiger partial charge is 0.282 e. The molecule has 0 fully saturated rings. The van der Waals surface area contributed by atoms with Crippen molar-refractivity contribution < 1.29 is 4.79 Å². The quantitative estimate of drug-likeness (QED) is 0.800. The number of nitrogens with one attached hydrogen (secondary N) is 1. The largest absolute Gasteiger partial charge is 0.347 e. The number of hydrogen-bond acceptors (Lipinski definition) is 4. The van der Waals surface area contributed by atoms with Crippen molar-refractivity contribution in [2.45, 2.75) is 33.2 Å². The van der Waals surface area contributed by atoms with Gasteiger partial charge in [-0.2, -0.15) is 4.37 Å². The van der Waals surface area contributed by atoms with Gasteiger partial charge in [-0.05, 0) is 31.8 Å². The van der Waals surface area contributed by atoms with Crippen molar-refractivity contribution in [3.05, 3.63) is 10.8 Å². The number of aromatic nitrogens is 2. The maximum absolute atomic E-state index is 11.4. The Morgan fingerprint density at radius 1 is 1.69 bits per heavy atom.